The maximum absolute atomic E-state index is 12.3. The third-order valence-electron chi connectivity index (χ3n) is 3.69. The van der Waals surface area contributed by atoms with E-state index in [0.717, 1.165) is 11.4 Å². The fraction of sp³-hybridized carbons (Fsp3) is 0.167. The summed E-state index contributed by atoms with van der Waals surface area (Å²) in [4.78, 5) is 16.6. The average molecular weight is 348 g/mol. The van der Waals surface area contributed by atoms with Gasteiger partial charge in [0.2, 0.25) is 0 Å². The van der Waals surface area contributed by atoms with Crippen molar-refractivity contribution in [2.45, 2.75) is 13.8 Å². The van der Waals surface area contributed by atoms with E-state index >= 15 is 0 Å². The zero-order chi connectivity index (χ0) is 18.5. The number of aliphatic imine (C=N–C) groups is 1. The number of carbonyl (C=O) groups is 1. The molecule has 2 aromatic heterocycles. The molecule has 0 spiro atoms. The summed E-state index contributed by atoms with van der Waals surface area (Å²) in [6, 6.07) is 11.4. The molecule has 8 heteroatoms. The van der Waals surface area contributed by atoms with Gasteiger partial charge in [-0.2, -0.15) is 15.5 Å². The molecular formula is C18H16N6O2. The van der Waals surface area contributed by atoms with Gasteiger partial charge in [0.05, 0.1) is 24.2 Å². The number of aromatic nitrogens is 4. The fourth-order valence-corrected chi connectivity index (χ4v) is 2.43. The molecular weight excluding hydrogens is 332 g/mol. The smallest absolute Gasteiger partial charge is 0.359 e. The minimum Gasteiger partial charge on any atom is -0.461 e. The van der Waals surface area contributed by atoms with Crippen LogP contribution >= 0.6 is 0 Å². The number of hydrogen-bond acceptors (Lipinski definition) is 6. The van der Waals surface area contributed by atoms with Crippen LogP contribution in [-0.2, 0) is 4.74 Å². The summed E-state index contributed by atoms with van der Waals surface area (Å²) in [5.74, 6) is -0.217. The second kappa shape index (κ2) is 7.44. The standard InChI is InChI=1S/C18H16N6O2/c1-3-26-18(25)16-15(11-20-17-13(9-19)10-21-22-17)12(2)24(23-16)14-7-5-4-6-8-14/h4-8,10-11H,3H2,1-2H3,(H,21,22)/b20-11+. The molecule has 130 valence electrons. The number of carbonyl (C=O) groups excluding carboxylic acids is 1. The van der Waals surface area contributed by atoms with E-state index in [4.69, 9.17) is 10.00 Å². The van der Waals surface area contributed by atoms with Crippen molar-refractivity contribution >= 4 is 18.0 Å². The molecule has 0 aliphatic carbocycles. The number of nitrogens with zero attached hydrogens (tertiary/aromatic N) is 5. The van der Waals surface area contributed by atoms with Gasteiger partial charge >= 0.3 is 5.97 Å². The quantitative estimate of drug-likeness (QED) is 0.563. The summed E-state index contributed by atoms with van der Waals surface area (Å²) in [6.45, 7) is 3.81. The number of rotatable bonds is 5. The molecule has 26 heavy (non-hydrogen) atoms. The highest BCUT2D eigenvalue weighted by atomic mass is 16.5. The van der Waals surface area contributed by atoms with E-state index in [1.54, 1.807) is 11.6 Å². The lowest BCUT2D eigenvalue weighted by Crippen LogP contribution is -2.08. The van der Waals surface area contributed by atoms with Gasteiger partial charge < -0.3 is 4.74 Å². The van der Waals surface area contributed by atoms with Crippen molar-refractivity contribution in [3.63, 3.8) is 0 Å². The van der Waals surface area contributed by atoms with Crippen molar-refractivity contribution in [1.82, 2.24) is 20.0 Å². The van der Waals surface area contributed by atoms with Gasteiger partial charge in [0, 0.05) is 11.8 Å². The molecule has 8 nitrogen and oxygen atoms in total. The van der Waals surface area contributed by atoms with Gasteiger partial charge in [-0.25, -0.2) is 14.5 Å². The van der Waals surface area contributed by atoms with E-state index in [1.807, 2.05) is 43.3 Å². The van der Waals surface area contributed by atoms with E-state index in [9.17, 15) is 4.79 Å². The Morgan fingerprint density at radius 3 is 2.88 bits per heavy atom. The minimum absolute atomic E-state index is 0.162. The highest BCUT2D eigenvalue weighted by Gasteiger charge is 2.21. The van der Waals surface area contributed by atoms with Gasteiger partial charge in [-0.3, -0.25) is 5.10 Å². The lowest BCUT2D eigenvalue weighted by molar-refractivity contribution is 0.0519. The van der Waals surface area contributed by atoms with Crippen molar-refractivity contribution in [2.75, 3.05) is 6.61 Å². The third kappa shape index (κ3) is 3.23. The van der Waals surface area contributed by atoms with Gasteiger partial charge in [-0.05, 0) is 26.0 Å². The number of nitriles is 1. The van der Waals surface area contributed by atoms with E-state index in [0.29, 0.717) is 16.9 Å². The Bertz CT molecular complexity index is 995. The van der Waals surface area contributed by atoms with Crippen LogP contribution < -0.4 is 0 Å². The average Bonchev–Trinajstić information content (AvgIpc) is 3.25. The first kappa shape index (κ1) is 17.1. The Morgan fingerprint density at radius 2 is 2.19 bits per heavy atom. The molecule has 3 rings (SSSR count). The molecule has 0 fully saturated rings. The molecule has 1 N–H and O–H groups in total. The highest BCUT2D eigenvalue weighted by molar-refractivity contribution is 5.99. The monoisotopic (exact) mass is 348 g/mol. The van der Waals surface area contributed by atoms with Crippen LogP contribution in [0.4, 0.5) is 5.82 Å². The van der Waals surface area contributed by atoms with Crippen molar-refractivity contribution in [2.24, 2.45) is 4.99 Å². The SMILES string of the molecule is CCOC(=O)c1nn(-c2ccccc2)c(C)c1/C=N/c1[nH]ncc1C#N. The molecule has 0 aliphatic heterocycles. The molecule has 0 saturated carbocycles. The lowest BCUT2D eigenvalue weighted by atomic mass is 10.2. The Hall–Kier alpha value is -3.73. The second-order valence-electron chi connectivity index (χ2n) is 5.32. The molecule has 0 radical (unpaired) electrons. The summed E-state index contributed by atoms with van der Waals surface area (Å²) < 4.78 is 6.76. The fourth-order valence-electron chi connectivity index (χ4n) is 2.43. The molecule has 0 saturated heterocycles. The van der Waals surface area contributed by atoms with E-state index in [1.165, 1.54) is 12.4 Å². The van der Waals surface area contributed by atoms with Crippen LogP contribution in [-0.4, -0.2) is 38.8 Å². The van der Waals surface area contributed by atoms with Crippen LogP contribution in [0.25, 0.3) is 5.69 Å². The Balaban J connectivity index is 2.09. The summed E-state index contributed by atoms with van der Waals surface area (Å²) in [5.41, 5.74) is 2.53. The number of ether oxygens (including phenoxy) is 1. The largest absolute Gasteiger partial charge is 0.461 e. The van der Waals surface area contributed by atoms with Gasteiger partial charge in [-0.1, -0.05) is 18.2 Å². The number of nitrogens with one attached hydrogen (secondary N) is 1. The summed E-state index contributed by atoms with van der Waals surface area (Å²) in [7, 11) is 0. The maximum atomic E-state index is 12.3. The molecule has 2 heterocycles. The minimum atomic E-state index is -0.531. The van der Waals surface area contributed by atoms with Crippen molar-refractivity contribution < 1.29 is 9.53 Å². The summed E-state index contributed by atoms with van der Waals surface area (Å²) >= 11 is 0. The normalized spacial score (nSPS) is 10.8. The molecule has 1 aromatic carbocycles. The Kier molecular flexibility index (Phi) is 4.90. The number of hydrogen-bond donors (Lipinski definition) is 1. The van der Waals surface area contributed by atoms with Crippen molar-refractivity contribution in [3.05, 3.63) is 59.0 Å². The third-order valence-corrected chi connectivity index (χ3v) is 3.69. The van der Waals surface area contributed by atoms with E-state index in [2.05, 4.69) is 20.3 Å². The first-order valence-corrected chi connectivity index (χ1v) is 7.95. The second-order valence-corrected chi connectivity index (χ2v) is 5.32. The molecule has 0 aliphatic rings. The van der Waals surface area contributed by atoms with Gasteiger partial charge in [0.1, 0.15) is 11.6 Å². The van der Waals surface area contributed by atoms with E-state index < -0.39 is 5.97 Å². The molecule has 3 aromatic rings. The lowest BCUT2D eigenvalue weighted by Gasteiger charge is -2.03. The number of esters is 1. The maximum Gasteiger partial charge on any atom is 0.359 e. The van der Waals surface area contributed by atoms with Crippen molar-refractivity contribution in [1.29, 1.82) is 5.26 Å². The molecule has 0 unspecified atom stereocenters. The van der Waals surface area contributed by atoms with E-state index in [-0.39, 0.29) is 12.3 Å². The highest BCUT2D eigenvalue weighted by Crippen LogP contribution is 2.20. The van der Waals surface area contributed by atoms with Gasteiger partial charge in [-0.15, -0.1) is 0 Å². The predicted molar refractivity (Wildman–Crippen MR) is 94.8 cm³/mol. The predicted octanol–water partition coefficient (Wildman–Crippen LogP) is 2.70. The van der Waals surface area contributed by atoms with Gasteiger partial charge in [0.15, 0.2) is 11.5 Å². The number of aromatic amines is 1. The van der Waals surface area contributed by atoms with Crippen LogP contribution in [0.3, 0.4) is 0 Å². The summed E-state index contributed by atoms with van der Waals surface area (Å²) in [6.07, 6.45) is 2.88. The molecule has 0 amide bonds. The van der Waals surface area contributed by atoms with Gasteiger partial charge in [0.25, 0.3) is 0 Å². The topological polar surface area (TPSA) is 109 Å². The molecule has 0 atom stereocenters. The van der Waals surface area contributed by atoms with Crippen LogP contribution in [0, 0.1) is 18.3 Å². The Morgan fingerprint density at radius 1 is 1.42 bits per heavy atom. The zero-order valence-electron chi connectivity index (χ0n) is 14.3. The number of H-pyrrole nitrogens is 1. The van der Waals surface area contributed by atoms with Crippen LogP contribution in [0.1, 0.15) is 34.2 Å². The molecule has 0 bridgehead atoms. The van der Waals surface area contributed by atoms with Crippen LogP contribution in [0.2, 0.25) is 0 Å². The number of para-hydroxylation sites is 1. The first-order chi connectivity index (χ1) is 12.7. The number of benzene rings is 1. The first-order valence-electron chi connectivity index (χ1n) is 7.95. The summed E-state index contributed by atoms with van der Waals surface area (Å²) in [5, 5.41) is 19.9. The van der Waals surface area contributed by atoms with Crippen LogP contribution in [0.15, 0.2) is 41.5 Å². The Labute approximate surface area is 149 Å². The van der Waals surface area contributed by atoms with Crippen molar-refractivity contribution in [3.8, 4) is 11.8 Å². The zero-order valence-corrected chi connectivity index (χ0v) is 14.3. The van der Waals surface area contributed by atoms with Crippen LogP contribution in [0.5, 0.6) is 0 Å².